The van der Waals surface area contributed by atoms with E-state index in [1.165, 1.54) is 86.2 Å². The number of rotatable bonds is 7. The SMILES string of the molecule is c1ccc(-c2ccccc2-c2ccccc2-c2ccccc2N(c2ccc(-c3cccc4c3sc3ccccc34)cc2)c2ccc3c(ccc4ccccc43)c2)cc1. The topological polar surface area (TPSA) is 3.24 Å². The van der Waals surface area contributed by atoms with Crippen LogP contribution in [0.5, 0.6) is 0 Å². The lowest BCUT2D eigenvalue weighted by Crippen LogP contribution is -2.11. The molecular weight excluding hydrogens is 719 g/mol. The summed E-state index contributed by atoms with van der Waals surface area (Å²) in [5.74, 6) is 0. The molecule has 272 valence electrons. The lowest BCUT2D eigenvalue weighted by atomic mass is 9.88. The molecule has 2 heteroatoms. The lowest BCUT2D eigenvalue weighted by Gasteiger charge is -2.29. The summed E-state index contributed by atoms with van der Waals surface area (Å²) in [7, 11) is 0. The third-order valence-electron chi connectivity index (χ3n) is 11.5. The number of nitrogens with zero attached hydrogens (tertiary/aromatic N) is 1. The Bertz CT molecular complexity index is 3290. The minimum atomic E-state index is 1.10. The summed E-state index contributed by atoms with van der Waals surface area (Å²) in [5.41, 5.74) is 13.0. The zero-order chi connectivity index (χ0) is 38.4. The van der Waals surface area contributed by atoms with Crippen LogP contribution in [-0.4, -0.2) is 0 Å². The van der Waals surface area contributed by atoms with Crippen molar-refractivity contribution in [3.05, 3.63) is 224 Å². The van der Waals surface area contributed by atoms with E-state index in [4.69, 9.17) is 0 Å². The van der Waals surface area contributed by atoms with Gasteiger partial charge in [0.25, 0.3) is 0 Å². The van der Waals surface area contributed by atoms with Crippen LogP contribution in [0.25, 0.3) is 86.2 Å². The summed E-state index contributed by atoms with van der Waals surface area (Å²) in [4.78, 5) is 2.44. The van der Waals surface area contributed by atoms with Crippen molar-refractivity contribution in [1.82, 2.24) is 0 Å². The summed E-state index contributed by atoms with van der Waals surface area (Å²) in [6, 6.07) is 81.9. The van der Waals surface area contributed by atoms with E-state index >= 15 is 0 Å². The molecule has 0 spiro atoms. The average molecular weight is 756 g/mol. The molecule has 1 nitrogen and oxygen atoms in total. The molecule has 11 aromatic rings. The van der Waals surface area contributed by atoms with Gasteiger partial charge in [-0.25, -0.2) is 0 Å². The van der Waals surface area contributed by atoms with E-state index in [0.29, 0.717) is 0 Å². The summed E-state index contributed by atoms with van der Waals surface area (Å²) >= 11 is 1.88. The van der Waals surface area contributed by atoms with Crippen molar-refractivity contribution < 1.29 is 0 Å². The van der Waals surface area contributed by atoms with Gasteiger partial charge in [-0.15, -0.1) is 11.3 Å². The van der Waals surface area contributed by atoms with E-state index in [2.05, 4.69) is 229 Å². The van der Waals surface area contributed by atoms with Crippen molar-refractivity contribution in [1.29, 1.82) is 0 Å². The molecule has 0 amide bonds. The fraction of sp³-hybridized carbons (Fsp3) is 0. The number of fused-ring (bicyclic) bond motifs is 6. The second-order valence-electron chi connectivity index (χ2n) is 14.8. The van der Waals surface area contributed by atoms with Crippen molar-refractivity contribution in [3.63, 3.8) is 0 Å². The van der Waals surface area contributed by atoms with Gasteiger partial charge in [-0.2, -0.15) is 0 Å². The van der Waals surface area contributed by atoms with E-state index in [-0.39, 0.29) is 0 Å². The van der Waals surface area contributed by atoms with Crippen molar-refractivity contribution in [2.24, 2.45) is 0 Å². The maximum atomic E-state index is 2.44. The number of benzene rings is 10. The maximum absolute atomic E-state index is 2.44. The first kappa shape index (κ1) is 34.0. The quantitative estimate of drug-likeness (QED) is 0.146. The molecule has 0 unspecified atom stereocenters. The Labute approximate surface area is 342 Å². The number of anilines is 3. The molecule has 58 heavy (non-hydrogen) atoms. The van der Waals surface area contributed by atoms with E-state index < -0.39 is 0 Å². The van der Waals surface area contributed by atoms with Crippen LogP contribution in [0.1, 0.15) is 0 Å². The Morgan fingerprint density at radius 1 is 0.293 bits per heavy atom. The van der Waals surface area contributed by atoms with Crippen molar-refractivity contribution >= 4 is 70.1 Å². The van der Waals surface area contributed by atoms with E-state index in [0.717, 1.165) is 17.1 Å². The highest BCUT2D eigenvalue weighted by Crippen LogP contribution is 2.47. The Morgan fingerprint density at radius 2 is 0.828 bits per heavy atom. The molecule has 1 aromatic heterocycles. The molecule has 0 atom stereocenters. The van der Waals surface area contributed by atoms with Gasteiger partial charge in [0, 0.05) is 37.1 Å². The van der Waals surface area contributed by atoms with Crippen LogP contribution in [0.2, 0.25) is 0 Å². The summed E-state index contributed by atoms with van der Waals surface area (Å²) in [6.45, 7) is 0. The van der Waals surface area contributed by atoms with Gasteiger partial charge in [-0.1, -0.05) is 188 Å². The molecule has 0 aliphatic heterocycles. The molecular formula is C56H37NS. The summed E-state index contributed by atoms with van der Waals surface area (Å²) in [6.07, 6.45) is 0. The van der Waals surface area contributed by atoms with Gasteiger partial charge >= 0.3 is 0 Å². The molecule has 10 aromatic carbocycles. The lowest BCUT2D eigenvalue weighted by molar-refractivity contribution is 1.29. The molecule has 0 N–H and O–H groups in total. The fourth-order valence-electron chi connectivity index (χ4n) is 8.77. The second-order valence-corrected chi connectivity index (χ2v) is 15.9. The van der Waals surface area contributed by atoms with Crippen molar-refractivity contribution in [2.45, 2.75) is 0 Å². The van der Waals surface area contributed by atoms with Crippen LogP contribution in [-0.2, 0) is 0 Å². The van der Waals surface area contributed by atoms with Crippen LogP contribution >= 0.6 is 11.3 Å². The van der Waals surface area contributed by atoms with Gasteiger partial charge in [0.1, 0.15) is 0 Å². The summed E-state index contributed by atoms with van der Waals surface area (Å²) < 4.78 is 2.65. The van der Waals surface area contributed by atoms with Gasteiger partial charge in [-0.3, -0.25) is 0 Å². The first-order valence-electron chi connectivity index (χ1n) is 19.8. The predicted octanol–water partition coefficient (Wildman–Crippen LogP) is 16.5. The van der Waals surface area contributed by atoms with Gasteiger partial charge in [-0.05, 0) is 96.9 Å². The molecule has 0 aliphatic carbocycles. The van der Waals surface area contributed by atoms with Crippen LogP contribution in [0, 0.1) is 0 Å². The maximum Gasteiger partial charge on any atom is 0.0540 e. The highest BCUT2D eigenvalue weighted by atomic mass is 32.1. The molecule has 0 radical (unpaired) electrons. The van der Waals surface area contributed by atoms with Crippen molar-refractivity contribution in [2.75, 3.05) is 4.90 Å². The zero-order valence-electron chi connectivity index (χ0n) is 31.7. The third kappa shape index (κ3) is 5.86. The van der Waals surface area contributed by atoms with E-state index in [9.17, 15) is 0 Å². The molecule has 11 rings (SSSR count). The smallest absolute Gasteiger partial charge is 0.0540 e. The first-order chi connectivity index (χ1) is 28.8. The van der Waals surface area contributed by atoms with Gasteiger partial charge < -0.3 is 4.90 Å². The van der Waals surface area contributed by atoms with Gasteiger partial charge in [0.15, 0.2) is 0 Å². The van der Waals surface area contributed by atoms with Crippen LogP contribution in [0.15, 0.2) is 224 Å². The molecule has 0 saturated carbocycles. The molecule has 0 bridgehead atoms. The normalized spacial score (nSPS) is 11.4. The largest absolute Gasteiger partial charge is 0.310 e. The van der Waals surface area contributed by atoms with E-state index in [1.807, 2.05) is 11.3 Å². The predicted molar refractivity (Wildman–Crippen MR) is 251 cm³/mol. The second kappa shape index (κ2) is 14.4. The average Bonchev–Trinajstić information content (AvgIpc) is 3.69. The van der Waals surface area contributed by atoms with Crippen LogP contribution < -0.4 is 4.90 Å². The Morgan fingerprint density at radius 3 is 1.64 bits per heavy atom. The fourth-order valence-corrected chi connectivity index (χ4v) is 10.0. The number of thiophene rings is 1. The molecule has 0 aliphatic rings. The minimum absolute atomic E-state index is 1.10. The first-order valence-corrected chi connectivity index (χ1v) is 20.7. The summed E-state index contributed by atoms with van der Waals surface area (Å²) in [5, 5.41) is 7.62. The van der Waals surface area contributed by atoms with Crippen LogP contribution in [0.4, 0.5) is 17.1 Å². The third-order valence-corrected chi connectivity index (χ3v) is 12.7. The van der Waals surface area contributed by atoms with Crippen molar-refractivity contribution in [3.8, 4) is 44.5 Å². The van der Waals surface area contributed by atoms with E-state index in [1.54, 1.807) is 0 Å². The Hall–Kier alpha value is -7.26. The zero-order valence-corrected chi connectivity index (χ0v) is 32.5. The van der Waals surface area contributed by atoms with Gasteiger partial charge in [0.05, 0.1) is 5.69 Å². The number of hydrogen-bond donors (Lipinski definition) is 0. The van der Waals surface area contributed by atoms with Gasteiger partial charge in [0.2, 0.25) is 0 Å². The number of para-hydroxylation sites is 1. The number of hydrogen-bond acceptors (Lipinski definition) is 2. The minimum Gasteiger partial charge on any atom is -0.310 e. The standard InChI is InChI=1S/C56H37NS/c1-2-15-38(16-3-1)45-19-6-7-20-48(45)49-21-8-9-22-50(49)51-23-10-12-27-54(51)57(43-35-36-46-41(37-43)30-29-39-17-4-5-18-44(39)46)42-33-31-40(32-34-42)47-25-14-26-53-52-24-11-13-28-55(52)58-56(47)53/h1-37H. The Kier molecular flexibility index (Phi) is 8.42. The molecule has 1 heterocycles. The molecule has 0 saturated heterocycles. The van der Waals surface area contributed by atoms with Crippen LogP contribution in [0.3, 0.4) is 0 Å². The Balaban J connectivity index is 1.10. The highest BCUT2D eigenvalue weighted by molar-refractivity contribution is 7.26. The highest BCUT2D eigenvalue weighted by Gasteiger charge is 2.21. The monoisotopic (exact) mass is 755 g/mol. The molecule has 0 fully saturated rings.